The van der Waals surface area contributed by atoms with Gasteiger partial charge in [-0.05, 0) is 24.3 Å². The van der Waals surface area contributed by atoms with Crippen LogP contribution >= 0.6 is 23.4 Å². The molecule has 0 unspecified atom stereocenters. The molecule has 0 saturated heterocycles. The van der Waals surface area contributed by atoms with Gasteiger partial charge in [0, 0.05) is 16.8 Å². The maximum Gasteiger partial charge on any atom is 0.196 e. The molecular formula is C22H16ClN3OS. The van der Waals surface area contributed by atoms with Crippen LogP contribution in [0.15, 0.2) is 90.1 Å². The number of nitrogens with zero attached hydrogens (tertiary/aromatic N) is 3. The molecule has 0 bridgehead atoms. The lowest BCUT2D eigenvalue weighted by Crippen LogP contribution is -2.05. The van der Waals surface area contributed by atoms with Crippen LogP contribution in [-0.4, -0.2) is 26.3 Å². The minimum absolute atomic E-state index is 0.0486. The Kier molecular flexibility index (Phi) is 5.55. The first kappa shape index (κ1) is 18.5. The number of hydrogen-bond acceptors (Lipinski definition) is 4. The maximum absolute atomic E-state index is 12.5. The van der Waals surface area contributed by atoms with Gasteiger partial charge in [-0.1, -0.05) is 84.0 Å². The Morgan fingerprint density at radius 1 is 0.857 bits per heavy atom. The molecule has 4 nitrogen and oxygen atoms in total. The molecule has 28 heavy (non-hydrogen) atoms. The maximum atomic E-state index is 12.5. The topological polar surface area (TPSA) is 47.8 Å². The van der Waals surface area contributed by atoms with Gasteiger partial charge >= 0.3 is 0 Å². The van der Waals surface area contributed by atoms with Crippen molar-refractivity contribution in [3.63, 3.8) is 0 Å². The first-order valence-corrected chi connectivity index (χ1v) is 10.1. The second kappa shape index (κ2) is 8.42. The van der Waals surface area contributed by atoms with Gasteiger partial charge in [-0.15, -0.1) is 10.2 Å². The van der Waals surface area contributed by atoms with Crippen molar-refractivity contribution in [3.8, 4) is 17.1 Å². The highest BCUT2D eigenvalue weighted by atomic mass is 35.5. The number of Topliss-reactive ketones (excluding diaryl/α,β-unsaturated/α-hetero) is 1. The minimum Gasteiger partial charge on any atom is -0.293 e. The molecule has 4 aromatic rings. The summed E-state index contributed by atoms with van der Waals surface area (Å²) in [6, 6.07) is 26.6. The smallest absolute Gasteiger partial charge is 0.196 e. The van der Waals surface area contributed by atoms with Gasteiger partial charge in [0.15, 0.2) is 16.8 Å². The molecule has 1 heterocycles. The van der Waals surface area contributed by atoms with Crippen molar-refractivity contribution in [1.29, 1.82) is 0 Å². The minimum atomic E-state index is 0.0486. The van der Waals surface area contributed by atoms with Crippen LogP contribution in [0.4, 0.5) is 0 Å². The van der Waals surface area contributed by atoms with E-state index in [0.717, 1.165) is 11.3 Å². The fourth-order valence-electron chi connectivity index (χ4n) is 2.83. The summed E-state index contributed by atoms with van der Waals surface area (Å²) in [7, 11) is 0. The highest BCUT2D eigenvalue weighted by Crippen LogP contribution is 2.32. The predicted octanol–water partition coefficient (Wildman–Crippen LogP) is 5.56. The number of halogens is 1. The molecule has 0 aliphatic rings. The van der Waals surface area contributed by atoms with Gasteiger partial charge in [0.1, 0.15) is 0 Å². The van der Waals surface area contributed by atoms with Gasteiger partial charge in [0.2, 0.25) is 0 Å². The third-order valence-corrected chi connectivity index (χ3v) is 5.45. The zero-order chi connectivity index (χ0) is 19.3. The summed E-state index contributed by atoms with van der Waals surface area (Å²) in [5.41, 5.74) is 2.39. The van der Waals surface area contributed by atoms with Crippen molar-refractivity contribution < 1.29 is 4.79 Å². The summed E-state index contributed by atoms with van der Waals surface area (Å²) in [5.74, 6) is 0.969. The quantitative estimate of drug-likeness (QED) is 0.311. The van der Waals surface area contributed by atoms with E-state index in [1.54, 1.807) is 0 Å². The molecule has 0 radical (unpaired) electrons. The Morgan fingerprint density at radius 2 is 1.50 bits per heavy atom. The molecule has 0 saturated carbocycles. The number of thioether (sulfide) groups is 1. The van der Waals surface area contributed by atoms with Crippen LogP contribution in [-0.2, 0) is 0 Å². The van der Waals surface area contributed by atoms with Crippen molar-refractivity contribution in [3.05, 3.63) is 95.5 Å². The molecule has 1 aromatic heterocycles. The third-order valence-electron chi connectivity index (χ3n) is 4.19. The van der Waals surface area contributed by atoms with Crippen LogP contribution in [0.3, 0.4) is 0 Å². The van der Waals surface area contributed by atoms with E-state index in [1.807, 2.05) is 89.5 Å². The fraction of sp³-hybridized carbons (Fsp3) is 0.0455. The van der Waals surface area contributed by atoms with Gasteiger partial charge in [-0.25, -0.2) is 0 Å². The highest BCUT2D eigenvalue weighted by molar-refractivity contribution is 7.99. The van der Waals surface area contributed by atoms with E-state index in [1.165, 1.54) is 11.8 Å². The summed E-state index contributed by atoms with van der Waals surface area (Å²) >= 11 is 7.76. The Labute approximate surface area is 172 Å². The van der Waals surface area contributed by atoms with Crippen LogP contribution in [0.5, 0.6) is 0 Å². The van der Waals surface area contributed by atoms with E-state index in [2.05, 4.69) is 10.2 Å². The number of rotatable bonds is 6. The van der Waals surface area contributed by atoms with Crippen molar-refractivity contribution in [2.75, 3.05) is 5.75 Å². The molecule has 0 amide bonds. The van der Waals surface area contributed by atoms with E-state index in [0.29, 0.717) is 21.6 Å². The van der Waals surface area contributed by atoms with E-state index < -0.39 is 0 Å². The summed E-state index contributed by atoms with van der Waals surface area (Å²) in [5, 5.41) is 9.96. The van der Waals surface area contributed by atoms with Crippen molar-refractivity contribution in [2.24, 2.45) is 0 Å². The van der Waals surface area contributed by atoms with E-state index >= 15 is 0 Å². The number of carbonyl (C=O) groups excluding carboxylic acids is 1. The second-order valence-corrected chi connectivity index (χ2v) is 7.38. The summed E-state index contributed by atoms with van der Waals surface area (Å²) in [6.45, 7) is 0. The normalized spacial score (nSPS) is 10.8. The molecular weight excluding hydrogens is 390 g/mol. The van der Waals surface area contributed by atoms with Crippen LogP contribution in [0, 0.1) is 0 Å². The third kappa shape index (κ3) is 3.86. The van der Waals surface area contributed by atoms with Gasteiger partial charge in [-0.2, -0.15) is 0 Å². The molecule has 0 N–H and O–H groups in total. The van der Waals surface area contributed by atoms with Crippen LogP contribution in [0.1, 0.15) is 10.4 Å². The first-order chi connectivity index (χ1) is 13.7. The van der Waals surface area contributed by atoms with E-state index in [4.69, 9.17) is 11.6 Å². The predicted molar refractivity (Wildman–Crippen MR) is 113 cm³/mol. The molecule has 6 heteroatoms. The Bertz CT molecular complexity index is 1100. The summed E-state index contributed by atoms with van der Waals surface area (Å²) in [6.07, 6.45) is 0. The van der Waals surface area contributed by atoms with Crippen LogP contribution in [0.2, 0.25) is 5.02 Å². The van der Waals surface area contributed by atoms with Crippen molar-refractivity contribution >= 4 is 29.1 Å². The zero-order valence-corrected chi connectivity index (χ0v) is 16.4. The van der Waals surface area contributed by atoms with Gasteiger partial charge in [0.05, 0.1) is 10.8 Å². The van der Waals surface area contributed by atoms with Gasteiger partial charge in [-0.3, -0.25) is 9.36 Å². The average Bonchev–Trinajstić information content (AvgIpc) is 3.17. The lowest BCUT2D eigenvalue weighted by Gasteiger charge is -2.11. The lowest BCUT2D eigenvalue weighted by molar-refractivity contribution is 0.102. The molecule has 0 fully saturated rings. The second-order valence-electron chi connectivity index (χ2n) is 6.03. The van der Waals surface area contributed by atoms with Gasteiger partial charge < -0.3 is 0 Å². The largest absolute Gasteiger partial charge is 0.293 e. The number of para-hydroxylation sites is 1. The van der Waals surface area contributed by atoms with Gasteiger partial charge in [0.25, 0.3) is 0 Å². The molecule has 0 spiro atoms. The van der Waals surface area contributed by atoms with Crippen molar-refractivity contribution in [2.45, 2.75) is 5.16 Å². The molecule has 0 atom stereocenters. The van der Waals surface area contributed by atoms with Crippen LogP contribution in [0.25, 0.3) is 17.1 Å². The molecule has 3 aromatic carbocycles. The number of aromatic nitrogens is 3. The van der Waals surface area contributed by atoms with E-state index in [9.17, 15) is 4.79 Å². The molecule has 4 rings (SSSR count). The summed E-state index contributed by atoms with van der Waals surface area (Å²) < 4.78 is 1.93. The Morgan fingerprint density at radius 3 is 2.21 bits per heavy atom. The molecule has 0 aliphatic carbocycles. The number of carbonyl (C=O) groups is 1. The number of benzene rings is 3. The lowest BCUT2D eigenvalue weighted by atomic mass is 10.2. The Hall–Kier alpha value is -2.89. The number of ketones is 1. The zero-order valence-electron chi connectivity index (χ0n) is 14.8. The standard InChI is InChI=1S/C22H16ClN3OS/c23-19-14-8-7-13-18(19)21-24-25-22(26(21)17-11-5-2-6-12-17)28-15-20(27)16-9-3-1-4-10-16/h1-14H,15H2. The Balaban J connectivity index is 1.70. The average molecular weight is 406 g/mol. The monoisotopic (exact) mass is 405 g/mol. The fourth-order valence-corrected chi connectivity index (χ4v) is 3.89. The molecule has 0 aliphatic heterocycles. The SMILES string of the molecule is O=C(CSc1nnc(-c2ccccc2Cl)n1-c1ccccc1)c1ccccc1. The molecule has 138 valence electrons. The first-order valence-electron chi connectivity index (χ1n) is 8.71. The van der Waals surface area contributed by atoms with Crippen LogP contribution < -0.4 is 0 Å². The van der Waals surface area contributed by atoms with E-state index in [-0.39, 0.29) is 11.5 Å². The summed E-state index contributed by atoms with van der Waals surface area (Å²) in [4.78, 5) is 12.5. The highest BCUT2D eigenvalue weighted by Gasteiger charge is 2.19. The van der Waals surface area contributed by atoms with Crippen molar-refractivity contribution in [1.82, 2.24) is 14.8 Å². The number of hydrogen-bond donors (Lipinski definition) is 0.